The first-order valence-electron chi connectivity index (χ1n) is 9.37. The number of nitrogens with zero attached hydrogens (tertiary/aromatic N) is 1. The molecule has 0 atom stereocenters. The first-order chi connectivity index (χ1) is 15.5. The molecule has 162 valence electrons. The Hall–Kier alpha value is -3.14. The van der Waals surface area contributed by atoms with Crippen LogP contribution in [0.1, 0.15) is 0 Å². The Bertz CT molecular complexity index is 1300. The van der Waals surface area contributed by atoms with E-state index in [9.17, 15) is 14.0 Å². The number of thiazole rings is 1. The number of benzene rings is 3. The monoisotopic (exact) mass is 486 g/mol. The summed E-state index contributed by atoms with van der Waals surface area (Å²) in [5.74, 6) is -0.703. The fourth-order valence-electron chi connectivity index (χ4n) is 2.78. The van der Waals surface area contributed by atoms with Crippen LogP contribution in [0, 0.1) is 5.82 Å². The van der Waals surface area contributed by atoms with Crippen LogP contribution in [0.15, 0.2) is 71.1 Å². The molecule has 3 amide bonds. The summed E-state index contributed by atoms with van der Waals surface area (Å²) in [5.41, 5.74) is 2.10. The van der Waals surface area contributed by atoms with Gasteiger partial charge in [0.2, 0.25) is 5.91 Å². The van der Waals surface area contributed by atoms with Gasteiger partial charge in [0.05, 0.1) is 21.7 Å². The summed E-state index contributed by atoms with van der Waals surface area (Å²) in [4.78, 5) is 28.8. The molecule has 3 N–H and O–H groups in total. The Labute approximate surface area is 196 Å². The molecule has 0 saturated heterocycles. The highest BCUT2D eigenvalue weighted by molar-refractivity contribution is 8.01. The third-order valence-electron chi connectivity index (χ3n) is 4.18. The highest BCUT2D eigenvalue weighted by Gasteiger charge is 2.11. The van der Waals surface area contributed by atoms with E-state index < -0.39 is 11.8 Å². The van der Waals surface area contributed by atoms with Crippen LogP contribution in [0.4, 0.5) is 26.2 Å². The van der Waals surface area contributed by atoms with E-state index in [1.54, 1.807) is 48.5 Å². The van der Waals surface area contributed by atoms with E-state index in [1.807, 2.05) is 6.07 Å². The van der Waals surface area contributed by atoms with E-state index in [-0.39, 0.29) is 17.3 Å². The number of amides is 3. The van der Waals surface area contributed by atoms with Gasteiger partial charge in [-0.3, -0.25) is 4.79 Å². The molecule has 10 heteroatoms. The highest BCUT2D eigenvalue weighted by atomic mass is 35.5. The van der Waals surface area contributed by atoms with Crippen molar-refractivity contribution in [2.75, 3.05) is 21.7 Å². The molecule has 0 aliphatic rings. The van der Waals surface area contributed by atoms with Crippen LogP contribution in [-0.4, -0.2) is 22.7 Å². The number of urea groups is 1. The number of para-hydroxylation sites is 1. The normalized spacial score (nSPS) is 10.7. The molecule has 4 rings (SSSR count). The van der Waals surface area contributed by atoms with Crippen molar-refractivity contribution in [1.29, 1.82) is 0 Å². The number of carbonyl (C=O) groups is 2. The summed E-state index contributed by atoms with van der Waals surface area (Å²) in [7, 11) is 0. The third-order valence-corrected chi connectivity index (χ3v) is 6.58. The molecule has 0 spiro atoms. The minimum absolute atomic E-state index is 0.0985. The van der Waals surface area contributed by atoms with E-state index in [0.29, 0.717) is 20.7 Å². The van der Waals surface area contributed by atoms with Crippen LogP contribution >= 0.6 is 34.7 Å². The van der Waals surface area contributed by atoms with Gasteiger partial charge in [0, 0.05) is 16.4 Å². The lowest BCUT2D eigenvalue weighted by atomic mass is 10.3. The number of aromatic nitrogens is 1. The number of nitrogens with one attached hydrogen (secondary N) is 3. The Morgan fingerprint density at radius 3 is 2.53 bits per heavy atom. The first-order valence-corrected chi connectivity index (χ1v) is 11.6. The zero-order chi connectivity index (χ0) is 22.5. The molecule has 1 heterocycles. The van der Waals surface area contributed by atoms with E-state index >= 15 is 0 Å². The molecule has 32 heavy (non-hydrogen) atoms. The molecule has 0 aliphatic carbocycles. The van der Waals surface area contributed by atoms with Crippen molar-refractivity contribution >= 4 is 73.9 Å². The van der Waals surface area contributed by atoms with Gasteiger partial charge >= 0.3 is 6.03 Å². The van der Waals surface area contributed by atoms with E-state index in [0.717, 1.165) is 10.2 Å². The van der Waals surface area contributed by atoms with Gasteiger partial charge in [-0.1, -0.05) is 41.6 Å². The SMILES string of the molecule is O=C(CSc1nc2ccc(NC(=O)Nc3cccc(Cl)c3)cc2s1)Nc1ccccc1F. The van der Waals surface area contributed by atoms with Gasteiger partial charge in [-0.15, -0.1) is 11.3 Å². The predicted molar refractivity (Wildman–Crippen MR) is 129 cm³/mol. The standard InChI is InChI=1S/C22H16ClFN4O2S2/c23-13-4-3-5-14(10-13)25-21(30)26-15-8-9-18-19(11-15)32-22(28-18)31-12-20(29)27-17-7-2-1-6-16(17)24/h1-11H,12H2,(H,27,29)(H2,25,26,30). The number of thioether (sulfide) groups is 1. The zero-order valence-corrected chi connectivity index (χ0v) is 18.8. The van der Waals surface area contributed by atoms with Crippen LogP contribution in [0.2, 0.25) is 5.02 Å². The van der Waals surface area contributed by atoms with Crippen molar-refractivity contribution in [3.05, 3.63) is 77.6 Å². The molecule has 0 radical (unpaired) electrons. The Morgan fingerprint density at radius 1 is 0.969 bits per heavy atom. The van der Waals surface area contributed by atoms with Crippen LogP contribution in [-0.2, 0) is 4.79 Å². The maximum atomic E-state index is 13.6. The molecule has 6 nitrogen and oxygen atoms in total. The fourth-order valence-corrected chi connectivity index (χ4v) is 4.88. The number of rotatable bonds is 6. The van der Waals surface area contributed by atoms with Gasteiger partial charge in [0.15, 0.2) is 4.34 Å². The topological polar surface area (TPSA) is 83.1 Å². The van der Waals surface area contributed by atoms with Crippen LogP contribution in [0.25, 0.3) is 10.2 Å². The van der Waals surface area contributed by atoms with Gasteiger partial charge in [0.1, 0.15) is 5.82 Å². The summed E-state index contributed by atoms with van der Waals surface area (Å²) in [6.45, 7) is 0. The molecule has 0 bridgehead atoms. The number of halogens is 2. The predicted octanol–water partition coefficient (Wildman–Crippen LogP) is 6.46. The number of carbonyl (C=O) groups excluding carboxylic acids is 2. The lowest BCUT2D eigenvalue weighted by Crippen LogP contribution is -2.19. The smallest absolute Gasteiger partial charge is 0.323 e. The van der Waals surface area contributed by atoms with Crippen LogP contribution in [0.5, 0.6) is 0 Å². The summed E-state index contributed by atoms with van der Waals surface area (Å²) < 4.78 is 15.2. The van der Waals surface area contributed by atoms with E-state index in [1.165, 1.54) is 35.2 Å². The average Bonchev–Trinajstić information content (AvgIpc) is 3.16. The number of anilines is 3. The van der Waals surface area contributed by atoms with Crippen molar-refractivity contribution in [1.82, 2.24) is 4.98 Å². The first kappa shape index (κ1) is 22.1. The van der Waals surface area contributed by atoms with Gasteiger partial charge in [-0.25, -0.2) is 14.2 Å². The summed E-state index contributed by atoms with van der Waals surface area (Å²) in [6.07, 6.45) is 0. The molecular weight excluding hydrogens is 471 g/mol. The van der Waals surface area contributed by atoms with Crippen LogP contribution in [0.3, 0.4) is 0 Å². The second-order valence-corrected chi connectivity index (χ2v) is 9.26. The molecular formula is C22H16ClFN4O2S2. The molecule has 0 unspecified atom stereocenters. The Balaban J connectivity index is 1.35. The second kappa shape index (κ2) is 9.99. The van der Waals surface area contributed by atoms with Gasteiger partial charge < -0.3 is 16.0 Å². The van der Waals surface area contributed by atoms with Crippen molar-refractivity contribution in [3.8, 4) is 0 Å². The number of hydrogen-bond acceptors (Lipinski definition) is 5. The minimum Gasteiger partial charge on any atom is -0.323 e. The fraction of sp³-hybridized carbons (Fsp3) is 0.0455. The molecule has 0 fully saturated rings. The van der Waals surface area contributed by atoms with Crippen molar-refractivity contribution in [3.63, 3.8) is 0 Å². The molecule has 0 saturated carbocycles. The summed E-state index contributed by atoms with van der Waals surface area (Å²) in [6, 6.07) is 17.8. The summed E-state index contributed by atoms with van der Waals surface area (Å²) >= 11 is 8.60. The van der Waals surface area contributed by atoms with E-state index in [4.69, 9.17) is 11.6 Å². The zero-order valence-electron chi connectivity index (χ0n) is 16.4. The number of hydrogen-bond donors (Lipinski definition) is 3. The third kappa shape index (κ3) is 5.76. The van der Waals surface area contributed by atoms with Crippen LogP contribution < -0.4 is 16.0 Å². The molecule has 4 aromatic rings. The molecule has 3 aromatic carbocycles. The second-order valence-electron chi connectivity index (χ2n) is 6.57. The summed E-state index contributed by atoms with van der Waals surface area (Å²) in [5, 5.41) is 8.57. The largest absolute Gasteiger partial charge is 0.323 e. The van der Waals surface area contributed by atoms with E-state index in [2.05, 4.69) is 20.9 Å². The number of fused-ring (bicyclic) bond motifs is 1. The van der Waals surface area contributed by atoms with Gasteiger partial charge in [0.25, 0.3) is 0 Å². The molecule has 0 aliphatic heterocycles. The maximum Gasteiger partial charge on any atom is 0.323 e. The Kier molecular flexibility index (Phi) is 6.89. The molecule has 1 aromatic heterocycles. The highest BCUT2D eigenvalue weighted by Crippen LogP contribution is 2.31. The minimum atomic E-state index is -0.481. The lowest BCUT2D eigenvalue weighted by Gasteiger charge is -2.07. The average molecular weight is 487 g/mol. The quantitative estimate of drug-likeness (QED) is 0.273. The van der Waals surface area contributed by atoms with Gasteiger partial charge in [-0.05, 0) is 48.5 Å². The van der Waals surface area contributed by atoms with Crippen molar-refractivity contribution in [2.45, 2.75) is 4.34 Å². The Morgan fingerprint density at radius 2 is 1.75 bits per heavy atom. The van der Waals surface area contributed by atoms with Crippen molar-refractivity contribution < 1.29 is 14.0 Å². The lowest BCUT2D eigenvalue weighted by molar-refractivity contribution is -0.113. The maximum absolute atomic E-state index is 13.6. The van der Waals surface area contributed by atoms with Gasteiger partial charge in [-0.2, -0.15) is 0 Å². The van der Waals surface area contributed by atoms with Crippen molar-refractivity contribution in [2.24, 2.45) is 0 Å².